The second-order valence-electron chi connectivity index (χ2n) is 4.49. The van der Waals surface area contributed by atoms with Gasteiger partial charge in [-0.25, -0.2) is 4.39 Å². The molecule has 1 saturated heterocycles. The number of nitrogens with zero attached hydrogens (tertiary/aromatic N) is 1. The minimum absolute atomic E-state index is 0. The first-order valence-corrected chi connectivity index (χ1v) is 6.04. The summed E-state index contributed by atoms with van der Waals surface area (Å²) in [5.41, 5.74) is 1.50. The van der Waals surface area contributed by atoms with Crippen molar-refractivity contribution >= 4 is 12.4 Å². The molecule has 0 spiro atoms. The van der Waals surface area contributed by atoms with Crippen LogP contribution in [-0.4, -0.2) is 42.8 Å². The van der Waals surface area contributed by atoms with E-state index in [1.807, 2.05) is 6.07 Å². The Bertz CT molecular complexity index is 383. The van der Waals surface area contributed by atoms with Crippen molar-refractivity contribution in [2.45, 2.75) is 13.0 Å². The first-order valence-electron chi connectivity index (χ1n) is 6.04. The molecule has 5 heteroatoms. The molecule has 1 atom stereocenters. The molecule has 1 aliphatic heterocycles. The van der Waals surface area contributed by atoms with Crippen LogP contribution in [0.3, 0.4) is 0 Å². The van der Waals surface area contributed by atoms with Crippen molar-refractivity contribution in [1.82, 2.24) is 10.2 Å². The number of piperazine rings is 1. The molecule has 2 rings (SSSR count). The third-order valence-corrected chi connectivity index (χ3v) is 3.35. The molecule has 0 radical (unpaired) electrons. The highest BCUT2D eigenvalue weighted by atomic mass is 35.5. The van der Waals surface area contributed by atoms with Gasteiger partial charge in [0.1, 0.15) is 5.82 Å². The normalized spacial score (nSPS) is 18.2. The topological polar surface area (TPSA) is 35.5 Å². The maximum atomic E-state index is 13.5. The summed E-state index contributed by atoms with van der Waals surface area (Å²) in [7, 11) is 0. The third kappa shape index (κ3) is 3.42. The second-order valence-corrected chi connectivity index (χ2v) is 4.49. The van der Waals surface area contributed by atoms with E-state index in [-0.39, 0.29) is 30.9 Å². The second kappa shape index (κ2) is 7.04. The molecular weight excluding hydrogens is 255 g/mol. The van der Waals surface area contributed by atoms with E-state index in [1.54, 1.807) is 13.0 Å². The number of benzene rings is 1. The first kappa shape index (κ1) is 15.4. The molecule has 18 heavy (non-hydrogen) atoms. The van der Waals surface area contributed by atoms with Gasteiger partial charge in [-0.2, -0.15) is 0 Å². The summed E-state index contributed by atoms with van der Waals surface area (Å²) >= 11 is 0. The Balaban J connectivity index is 0.00000162. The summed E-state index contributed by atoms with van der Waals surface area (Å²) in [6.07, 6.45) is 0. The van der Waals surface area contributed by atoms with Gasteiger partial charge >= 0.3 is 0 Å². The van der Waals surface area contributed by atoms with Gasteiger partial charge in [-0.1, -0.05) is 12.1 Å². The molecule has 1 aromatic rings. The molecule has 1 aliphatic rings. The van der Waals surface area contributed by atoms with Crippen LogP contribution in [0.15, 0.2) is 18.2 Å². The molecule has 1 heterocycles. The predicted octanol–water partition coefficient (Wildman–Crippen LogP) is 1.49. The Morgan fingerprint density at radius 3 is 2.61 bits per heavy atom. The quantitative estimate of drug-likeness (QED) is 0.877. The van der Waals surface area contributed by atoms with Crippen LogP contribution in [0.25, 0.3) is 0 Å². The van der Waals surface area contributed by atoms with Gasteiger partial charge in [-0.15, -0.1) is 12.4 Å². The zero-order valence-corrected chi connectivity index (χ0v) is 11.3. The Morgan fingerprint density at radius 1 is 1.39 bits per heavy atom. The van der Waals surface area contributed by atoms with E-state index in [1.165, 1.54) is 6.07 Å². The molecule has 0 bridgehead atoms. The van der Waals surface area contributed by atoms with Crippen LogP contribution in [0, 0.1) is 12.7 Å². The first-order chi connectivity index (χ1) is 8.22. The van der Waals surface area contributed by atoms with Crippen LogP contribution in [0.4, 0.5) is 4.39 Å². The van der Waals surface area contributed by atoms with E-state index in [2.05, 4.69) is 10.2 Å². The monoisotopic (exact) mass is 274 g/mol. The van der Waals surface area contributed by atoms with E-state index in [9.17, 15) is 9.50 Å². The number of hydrogen-bond acceptors (Lipinski definition) is 3. The SMILES string of the molecule is Cc1ccc([C@H](CO)N2CCNCC2)cc1F.Cl. The van der Waals surface area contributed by atoms with Crippen LogP contribution in [0.2, 0.25) is 0 Å². The van der Waals surface area contributed by atoms with Crippen LogP contribution in [0.1, 0.15) is 17.2 Å². The molecule has 0 unspecified atom stereocenters. The van der Waals surface area contributed by atoms with Crippen LogP contribution in [0.5, 0.6) is 0 Å². The summed E-state index contributed by atoms with van der Waals surface area (Å²) in [5, 5.41) is 12.8. The Morgan fingerprint density at radius 2 is 2.06 bits per heavy atom. The molecule has 1 fully saturated rings. The molecule has 2 N–H and O–H groups in total. The predicted molar refractivity (Wildman–Crippen MR) is 72.7 cm³/mol. The number of aryl methyl sites for hydroxylation is 1. The van der Waals surface area contributed by atoms with Gasteiger partial charge in [0.05, 0.1) is 12.6 Å². The molecule has 0 amide bonds. The molecular formula is C13H20ClFN2O. The molecule has 0 saturated carbocycles. The number of rotatable bonds is 3. The molecule has 0 aromatic heterocycles. The van der Waals surface area contributed by atoms with Gasteiger partial charge in [0, 0.05) is 26.2 Å². The van der Waals surface area contributed by atoms with Gasteiger partial charge in [0.25, 0.3) is 0 Å². The lowest BCUT2D eigenvalue weighted by Gasteiger charge is -2.34. The van der Waals surface area contributed by atoms with Crippen molar-refractivity contribution < 1.29 is 9.50 Å². The van der Waals surface area contributed by atoms with Gasteiger partial charge in [0.15, 0.2) is 0 Å². The Kier molecular flexibility index (Phi) is 6.02. The summed E-state index contributed by atoms with van der Waals surface area (Å²) in [4.78, 5) is 2.20. The van der Waals surface area contributed by atoms with Crippen molar-refractivity contribution in [3.63, 3.8) is 0 Å². The van der Waals surface area contributed by atoms with E-state index in [0.29, 0.717) is 5.56 Å². The minimum Gasteiger partial charge on any atom is -0.394 e. The standard InChI is InChI=1S/C13H19FN2O.ClH/c1-10-2-3-11(8-12(10)14)13(9-17)16-6-4-15-5-7-16;/h2-3,8,13,15,17H,4-7,9H2,1H3;1H/t13-;/m0./s1. The van der Waals surface area contributed by atoms with Gasteiger partial charge < -0.3 is 10.4 Å². The molecule has 3 nitrogen and oxygen atoms in total. The summed E-state index contributed by atoms with van der Waals surface area (Å²) in [6.45, 7) is 5.40. The number of aliphatic hydroxyl groups is 1. The van der Waals surface area contributed by atoms with Crippen LogP contribution in [-0.2, 0) is 0 Å². The van der Waals surface area contributed by atoms with Gasteiger partial charge in [0.2, 0.25) is 0 Å². The van der Waals surface area contributed by atoms with Crippen LogP contribution >= 0.6 is 12.4 Å². The maximum Gasteiger partial charge on any atom is 0.126 e. The Labute approximate surface area is 113 Å². The summed E-state index contributed by atoms with van der Waals surface area (Å²) in [6, 6.07) is 5.13. The van der Waals surface area contributed by atoms with Crippen molar-refractivity contribution in [1.29, 1.82) is 0 Å². The van der Waals surface area contributed by atoms with Crippen molar-refractivity contribution in [3.05, 3.63) is 35.1 Å². The minimum atomic E-state index is -0.198. The third-order valence-electron chi connectivity index (χ3n) is 3.35. The molecule has 1 aromatic carbocycles. The zero-order valence-electron chi connectivity index (χ0n) is 10.5. The van der Waals surface area contributed by atoms with Gasteiger partial charge in [-0.05, 0) is 24.1 Å². The highest BCUT2D eigenvalue weighted by molar-refractivity contribution is 5.85. The van der Waals surface area contributed by atoms with Crippen molar-refractivity contribution in [3.8, 4) is 0 Å². The highest BCUT2D eigenvalue weighted by Crippen LogP contribution is 2.22. The summed E-state index contributed by atoms with van der Waals surface area (Å²) < 4.78 is 13.5. The smallest absolute Gasteiger partial charge is 0.126 e. The fraction of sp³-hybridized carbons (Fsp3) is 0.538. The van der Waals surface area contributed by atoms with E-state index >= 15 is 0 Å². The highest BCUT2D eigenvalue weighted by Gasteiger charge is 2.21. The number of halogens is 2. The molecule has 0 aliphatic carbocycles. The van der Waals surface area contributed by atoms with Crippen molar-refractivity contribution in [2.24, 2.45) is 0 Å². The molecule has 102 valence electrons. The average molecular weight is 275 g/mol. The van der Waals surface area contributed by atoms with E-state index in [4.69, 9.17) is 0 Å². The largest absolute Gasteiger partial charge is 0.394 e. The Hall–Kier alpha value is -0.680. The van der Waals surface area contributed by atoms with Crippen LogP contribution < -0.4 is 5.32 Å². The lowest BCUT2D eigenvalue weighted by Crippen LogP contribution is -2.46. The number of aliphatic hydroxyl groups excluding tert-OH is 1. The lowest BCUT2D eigenvalue weighted by atomic mass is 10.0. The fourth-order valence-corrected chi connectivity index (χ4v) is 2.24. The van der Waals surface area contributed by atoms with Gasteiger partial charge in [-0.3, -0.25) is 4.90 Å². The number of hydrogen-bond donors (Lipinski definition) is 2. The zero-order chi connectivity index (χ0) is 12.3. The van der Waals surface area contributed by atoms with Crippen molar-refractivity contribution in [2.75, 3.05) is 32.8 Å². The summed E-state index contributed by atoms with van der Waals surface area (Å²) in [5.74, 6) is -0.198. The fourth-order valence-electron chi connectivity index (χ4n) is 2.24. The number of nitrogens with one attached hydrogen (secondary N) is 1. The van der Waals surface area contributed by atoms with E-state index < -0.39 is 0 Å². The van der Waals surface area contributed by atoms with E-state index in [0.717, 1.165) is 31.7 Å². The lowest BCUT2D eigenvalue weighted by molar-refractivity contribution is 0.110. The average Bonchev–Trinajstić information content (AvgIpc) is 2.36. The maximum absolute atomic E-state index is 13.5.